The van der Waals surface area contributed by atoms with Gasteiger partial charge in [-0.15, -0.1) is 6.58 Å². The van der Waals surface area contributed by atoms with E-state index in [9.17, 15) is 0 Å². The number of fused-ring (bicyclic) bond motifs is 1. The van der Waals surface area contributed by atoms with E-state index in [2.05, 4.69) is 6.58 Å². The smallest absolute Gasteiger partial charge is 0.0872 e. The summed E-state index contributed by atoms with van der Waals surface area (Å²) in [7, 11) is 0. The van der Waals surface area contributed by atoms with E-state index in [0.29, 0.717) is 12.2 Å². The fourth-order valence-corrected chi connectivity index (χ4v) is 2.01. The molecule has 0 aromatic carbocycles. The lowest BCUT2D eigenvalue weighted by atomic mass is 9.87. The summed E-state index contributed by atoms with van der Waals surface area (Å²) in [6.45, 7) is 3.75. The highest BCUT2D eigenvalue weighted by Gasteiger charge is 2.46. The van der Waals surface area contributed by atoms with E-state index in [1.54, 1.807) is 0 Å². The predicted molar refractivity (Wildman–Crippen MR) is 40.8 cm³/mol. The summed E-state index contributed by atoms with van der Waals surface area (Å²) in [6, 6.07) is 0. The SMILES string of the molecule is C=CCC1CCCC2OC12. The number of rotatable bonds is 2. The van der Waals surface area contributed by atoms with Crippen molar-refractivity contribution in [3.8, 4) is 0 Å². The molecule has 1 aliphatic carbocycles. The van der Waals surface area contributed by atoms with Crippen LogP contribution in [-0.2, 0) is 4.74 Å². The van der Waals surface area contributed by atoms with Crippen LogP contribution in [0.25, 0.3) is 0 Å². The van der Waals surface area contributed by atoms with Crippen LogP contribution in [0.5, 0.6) is 0 Å². The van der Waals surface area contributed by atoms with Crippen LogP contribution in [0.2, 0.25) is 0 Å². The van der Waals surface area contributed by atoms with Crippen LogP contribution in [-0.4, -0.2) is 12.2 Å². The Labute approximate surface area is 62.1 Å². The molecule has 0 radical (unpaired) electrons. The van der Waals surface area contributed by atoms with E-state index in [0.717, 1.165) is 12.3 Å². The number of hydrogen-bond acceptors (Lipinski definition) is 1. The minimum absolute atomic E-state index is 0.617. The summed E-state index contributed by atoms with van der Waals surface area (Å²) in [4.78, 5) is 0. The standard InChI is InChI=1S/C9H14O/c1-2-4-7-5-3-6-8-9(7)10-8/h2,7-9H,1,3-6H2. The minimum Gasteiger partial charge on any atom is -0.369 e. The summed E-state index contributed by atoms with van der Waals surface area (Å²) < 4.78 is 5.50. The lowest BCUT2D eigenvalue weighted by Crippen LogP contribution is -2.15. The van der Waals surface area contributed by atoms with Gasteiger partial charge in [0, 0.05) is 0 Å². The molecular weight excluding hydrogens is 124 g/mol. The van der Waals surface area contributed by atoms with E-state index >= 15 is 0 Å². The Balaban J connectivity index is 1.89. The van der Waals surface area contributed by atoms with Crippen molar-refractivity contribution in [3.05, 3.63) is 12.7 Å². The molecule has 0 amide bonds. The highest BCUT2D eigenvalue weighted by Crippen LogP contribution is 2.42. The molecule has 1 nitrogen and oxygen atoms in total. The normalized spacial score (nSPS) is 44.2. The van der Waals surface area contributed by atoms with Crippen LogP contribution in [0.4, 0.5) is 0 Å². The summed E-state index contributed by atoms with van der Waals surface area (Å²) in [5.74, 6) is 0.802. The molecule has 1 aliphatic heterocycles. The van der Waals surface area contributed by atoms with Gasteiger partial charge in [-0.1, -0.05) is 12.5 Å². The van der Waals surface area contributed by atoms with Crippen LogP contribution >= 0.6 is 0 Å². The van der Waals surface area contributed by atoms with Crippen LogP contribution < -0.4 is 0 Å². The lowest BCUT2D eigenvalue weighted by Gasteiger charge is -2.15. The first kappa shape index (κ1) is 6.41. The van der Waals surface area contributed by atoms with Gasteiger partial charge in [-0.2, -0.15) is 0 Å². The van der Waals surface area contributed by atoms with Crippen molar-refractivity contribution in [1.82, 2.24) is 0 Å². The summed E-state index contributed by atoms with van der Waals surface area (Å²) in [5.41, 5.74) is 0. The Bertz CT molecular complexity index is 142. The third-order valence-electron chi connectivity index (χ3n) is 2.62. The average Bonchev–Trinajstić information content (AvgIpc) is 2.67. The van der Waals surface area contributed by atoms with Gasteiger partial charge < -0.3 is 4.74 Å². The quantitative estimate of drug-likeness (QED) is 0.420. The zero-order valence-electron chi connectivity index (χ0n) is 6.25. The second kappa shape index (κ2) is 2.39. The van der Waals surface area contributed by atoms with E-state index in [4.69, 9.17) is 4.74 Å². The first-order valence-electron chi connectivity index (χ1n) is 4.18. The van der Waals surface area contributed by atoms with Crippen molar-refractivity contribution >= 4 is 0 Å². The Kier molecular flexibility index (Phi) is 1.53. The maximum absolute atomic E-state index is 5.50. The van der Waals surface area contributed by atoms with Crippen molar-refractivity contribution in [2.24, 2.45) is 5.92 Å². The van der Waals surface area contributed by atoms with Crippen molar-refractivity contribution in [2.45, 2.75) is 37.9 Å². The molecule has 0 aromatic rings. The highest BCUT2D eigenvalue weighted by molar-refractivity contribution is 4.96. The third kappa shape index (κ3) is 0.988. The van der Waals surface area contributed by atoms with Crippen molar-refractivity contribution in [2.75, 3.05) is 0 Å². The number of allylic oxidation sites excluding steroid dienone is 1. The summed E-state index contributed by atoms with van der Waals surface area (Å²) in [6.07, 6.45) is 8.45. The zero-order chi connectivity index (χ0) is 6.97. The van der Waals surface area contributed by atoms with E-state index < -0.39 is 0 Å². The maximum Gasteiger partial charge on any atom is 0.0872 e. The highest BCUT2D eigenvalue weighted by atomic mass is 16.6. The second-order valence-corrected chi connectivity index (χ2v) is 3.35. The molecule has 0 bridgehead atoms. The molecule has 1 saturated carbocycles. The number of epoxide rings is 1. The molecule has 0 N–H and O–H groups in total. The van der Waals surface area contributed by atoms with Gasteiger partial charge in [-0.25, -0.2) is 0 Å². The van der Waals surface area contributed by atoms with Gasteiger partial charge in [-0.3, -0.25) is 0 Å². The third-order valence-corrected chi connectivity index (χ3v) is 2.62. The van der Waals surface area contributed by atoms with Gasteiger partial charge in [0.15, 0.2) is 0 Å². The molecule has 2 fully saturated rings. The Hall–Kier alpha value is -0.300. The second-order valence-electron chi connectivity index (χ2n) is 3.35. The van der Waals surface area contributed by atoms with Gasteiger partial charge in [0.05, 0.1) is 12.2 Å². The van der Waals surface area contributed by atoms with Gasteiger partial charge in [0.25, 0.3) is 0 Å². The number of hydrogen-bond donors (Lipinski definition) is 0. The Morgan fingerprint density at radius 2 is 2.40 bits per heavy atom. The van der Waals surface area contributed by atoms with Gasteiger partial charge >= 0.3 is 0 Å². The molecule has 2 rings (SSSR count). The van der Waals surface area contributed by atoms with E-state index in [1.807, 2.05) is 6.08 Å². The summed E-state index contributed by atoms with van der Waals surface area (Å²) in [5, 5.41) is 0. The van der Waals surface area contributed by atoms with Crippen molar-refractivity contribution in [1.29, 1.82) is 0 Å². The average molecular weight is 138 g/mol. The maximum atomic E-state index is 5.50. The molecule has 2 aliphatic rings. The zero-order valence-corrected chi connectivity index (χ0v) is 6.25. The van der Waals surface area contributed by atoms with Crippen LogP contribution in [0.15, 0.2) is 12.7 Å². The molecule has 10 heavy (non-hydrogen) atoms. The Morgan fingerprint density at radius 3 is 3.20 bits per heavy atom. The minimum atomic E-state index is 0.617. The molecule has 3 atom stereocenters. The molecule has 0 aromatic heterocycles. The molecular formula is C9H14O. The first-order chi connectivity index (χ1) is 4.92. The number of ether oxygens (including phenoxy) is 1. The molecule has 1 saturated heterocycles. The first-order valence-corrected chi connectivity index (χ1v) is 4.18. The van der Waals surface area contributed by atoms with Gasteiger partial charge in [0.2, 0.25) is 0 Å². The fourth-order valence-electron chi connectivity index (χ4n) is 2.01. The Morgan fingerprint density at radius 1 is 1.50 bits per heavy atom. The van der Waals surface area contributed by atoms with Crippen molar-refractivity contribution in [3.63, 3.8) is 0 Å². The molecule has 56 valence electrons. The molecule has 0 spiro atoms. The predicted octanol–water partition coefficient (Wildman–Crippen LogP) is 2.13. The van der Waals surface area contributed by atoms with Gasteiger partial charge in [-0.05, 0) is 25.2 Å². The largest absolute Gasteiger partial charge is 0.369 e. The fraction of sp³-hybridized carbons (Fsp3) is 0.778. The monoisotopic (exact) mass is 138 g/mol. The van der Waals surface area contributed by atoms with Crippen molar-refractivity contribution < 1.29 is 4.74 Å². The molecule has 1 heterocycles. The molecule has 1 heteroatoms. The van der Waals surface area contributed by atoms with Crippen LogP contribution in [0, 0.1) is 5.92 Å². The topological polar surface area (TPSA) is 12.5 Å². The lowest BCUT2D eigenvalue weighted by molar-refractivity contribution is 0.323. The van der Waals surface area contributed by atoms with E-state index in [1.165, 1.54) is 19.3 Å². The van der Waals surface area contributed by atoms with Crippen LogP contribution in [0.3, 0.4) is 0 Å². The van der Waals surface area contributed by atoms with Gasteiger partial charge in [0.1, 0.15) is 0 Å². The van der Waals surface area contributed by atoms with Crippen LogP contribution in [0.1, 0.15) is 25.7 Å². The van der Waals surface area contributed by atoms with E-state index in [-0.39, 0.29) is 0 Å². The molecule has 3 unspecified atom stereocenters. The summed E-state index contributed by atoms with van der Waals surface area (Å²) >= 11 is 0.